The molecule has 31 heavy (non-hydrogen) atoms. The number of nitrogens with zero attached hydrogens (tertiary/aromatic N) is 2. The number of rotatable bonds is 7. The number of guanidine groups is 1. The third-order valence-corrected chi connectivity index (χ3v) is 5.62. The first-order valence-corrected chi connectivity index (χ1v) is 11.0. The topological polar surface area (TPSA) is 56.7 Å². The Hall–Kier alpha value is -2.09. The van der Waals surface area contributed by atoms with Crippen LogP contribution < -0.4 is 10.6 Å². The van der Waals surface area contributed by atoms with Crippen molar-refractivity contribution in [3.63, 3.8) is 0 Å². The molecule has 2 aromatic carbocycles. The molecule has 1 aliphatic heterocycles. The number of aryl methyl sites for hydroxylation is 1. The maximum Gasteiger partial charge on any atom is 0.253 e. The third-order valence-electron chi connectivity index (χ3n) is 5.62. The van der Waals surface area contributed by atoms with Crippen molar-refractivity contribution in [2.75, 3.05) is 20.1 Å². The van der Waals surface area contributed by atoms with Crippen molar-refractivity contribution in [1.29, 1.82) is 0 Å². The van der Waals surface area contributed by atoms with Gasteiger partial charge in [0, 0.05) is 38.3 Å². The molecular formula is C25H35IN4O. The minimum absolute atomic E-state index is 0. The van der Waals surface area contributed by atoms with Crippen LogP contribution in [0.5, 0.6) is 0 Å². The molecule has 6 heteroatoms. The van der Waals surface area contributed by atoms with Crippen molar-refractivity contribution in [2.24, 2.45) is 4.99 Å². The highest BCUT2D eigenvalue weighted by Crippen LogP contribution is 2.14. The fraction of sp³-hybridized carbons (Fsp3) is 0.440. The fourth-order valence-electron chi connectivity index (χ4n) is 3.76. The zero-order valence-corrected chi connectivity index (χ0v) is 21.0. The predicted molar refractivity (Wildman–Crippen MR) is 139 cm³/mol. The van der Waals surface area contributed by atoms with Crippen molar-refractivity contribution in [3.05, 3.63) is 71.3 Å². The minimum atomic E-state index is 0. The third kappa shape index (κ3) is 8.16. The first-order valence-electron chi connectivity index (χ1n) is 11.0. The molecule has 168 valence electrons. The predicted octanol–water partition coefficient (Wildman–Crippen LogP) is 4.62. The average molecular weight is 534 g/mol. The van der Waals surface area contributed by atoms with Gasteiger partial charge in [0.25, 0.3) is 5.91 Å². The van der Waals surface area contributed by atoms with E-state index < -0.39 is 0 Å². The van der Waals surface area contributed by atoms with Crippen LogP contribution in [0.4, 0.5) is 0 Å². The summed E-state index contributed by atoms with van der Waals surface area (Å²) in [5.74, 6) is 0.947. The van der Waals surface area contributed by atoms with Gasteiger partial charge >= 0.3 is 0 Å². The van der Waals surface area contributed by atoms with E-state index in [9.17, 15) is 4.79 Å². The summed E-state index contributed by atoms with van der Waals surface area (Å²) in [7, 11) is 1.79. The Bertz CT molecular complexity index is 817. The van der Waals surface area contributed by atoms with E-state index >= 15 is 0 Å². The molecule has 0 aliphatic carbocycles. The summed E-state index contributed by atoms with van der Waals surface area (Å²) in [4.78, 5) is 18.9. The van der Waals surface area contributed by atoms with Gasteiger partial charge in [-0.05, 0) is 62.3 Å². The van der Waals surface area contributed by atoms with Gasteiger partial charge in [-0.15, -0.1) is 24.0 Å². The van der Waals surface area contributed by atoms with Crippen LogP contribution in [0.3, 0.4) is 0 Å². The Kier molecular flexibility index (Phi) is 10.8. The number of hydrogen-bond acceptors (Lipinski definition) is 2. The van der Waals surface area contributed by atoms with Crippen LogP contribution in [0, 0.1) is 0 Å². The number of benzene rings is 2. The molecule has 5 nitrogen and oxygen atoms in total. The minimum Gasteiger partial charge on any atom is -0.354 e. The Labute approximate surface area is 203 Å². The van der Waals surface area contributed by atoms with E-state index in [4.69, 9.17) is 0 Å². The highest BCUT2D eigenvalue weighted by molar-refractivity contribution is 14.0. The van der Waals surface area contributed by atoms with Gasteiger partial charge in [0.2, 0.25) is 0 Å². The highest BCUT2D eigenvalue weighted by Gasteiger charge is 2.17. The molecule has 0 radical (unpaired) electrons. The van der Waals surface area contributed by atoms with Crippen LogP contribution in [0.25, 0.3) is 0 Å². The van der Waals surface area contributed by atoms with Gasteiger partial charge in [0.1, 0.15) is 0 Å². The maximum atomic E-state index is 12.6. The van der Waals surface area contributed by atoms with Crippen molar-refractivity contribution >= 4 is 35.8 Å². The van der Waals surface area contributed by atoms with Crippen molar-refractivity contribution in [2.45, 2.75) is 51.6 Å². The van der Waals surface area contributed by atoms with Crippen molar-refractivity contribution in [1.82, 2.24) is 15.5 Å². The Morgan fingerprint density at radius 3 is 2.32 bits per heavy atom. The number of piperidine rings is 1. The summed E-state index contributed by atoms with van der Waals surface area (Å²) in [6.07, 6.45) is 5.54. The van der Waals surface area contributed by atoms with Crippen LogP contribution in [0.1, 0.15) is 54.1 Å². The van der Waals surface area contributed by atoms with E-state index in [1.807, 2.05) is 35.2 Å². The Morgan fingerprint density at radius 2 is 1.68 bits per heavy atom. The molecule has 0 aromatic heterocycles. The first kappa shape index (κ1) is 25.2. The lowest BCUT2D eigenvalue weighted by Crippen LogP contribution is -2.42. The van der Waals surface area contributed by atoms with Gasteiger partial charge in [-0.3, -0.25) is 9.79 Å². The van der Waals surface area contributed by atoms with Gasteiger partial charge in [-0.1, -0.05) is 42.5 Å². The molecule has 1 saturated heterocycles. The molecule has 0 bridgehead atoms. The molecule has 0 spiro atoms. The lowest BCUT2D eigenvalue weighted by molar-refractivity contribution is 0.0724. The van der Waals surface area contributed by atoms with Gasteiger partial charge in [0.15, 0.2) is 5.96 Å². The van der Waals surface area contributed by atoms with Crippen LogP contribution in [0.2, 0.25) is 0 Å². The monoisotopic (exact) mass is 534 g/mol. The summed E-state index contributed by atoms with van der Waals surface area (Å²) in [5.41, 5.74) is 3.26. The zero-order valence-electron chi connectivity index (χ0n) is 18.6. The van der Waals surface area contributed by atoms with E-state index in [-0.39, 0.29) is 29.9 Å². The number of carbonyl (C=O) groups is 1. The van der Waals surface area contributed by atoms with Gasteiger partial charge < -0.3 is 15.5 Å². The highest BCUT2D eigenvalue weighted by atomic mass is 127. The number of amides is 1. The molecule has 0 saturated carbocycles. The number of nitrogens with one attached hydrogen (secondary N) is 2. The molecule has 1 atom stereocenters. The molecule has 2 N–H and O–H groups in total. The lowest BCUT2D eigenvalue weighted by Gasteiger charge is -2.26. The van der Waals surface area contributed by atoms with Crippen molar-refractivity contribution < 1.29 is 4.79 Å². The number of likely N-dealkylation sites (tertiary alicyclic amines) is 1. The molecule has 2 aromatic rings. The Balaban J connectivity index is 0.00000341. The van der Waals surface area contributed by atoms with Gasteiger partial charge in [-0.2, -0.15) is 0 Å². The molecule has 1 unspecified atom stereocenters. The lowest BCUT2D eigenvalue weighted by atomic mass is 10.1. The largest absolute Gasteiger partial charge is 0.354 e. The number of aliphatic imine (C=N–C) groups is 1. The average Bonchev–Trinajstić information content (AvgIpc) is 2.81. The van der Waals surface area contributed by atoms with Gasteiger partial charge in [-0.25, -0.2) is 0 Å². The molecular weight excluding hydrogens is 499 g/mol. The van der Waals surface area contributed by atoms with Crippen LogP contribution >= 0.6 is 24.0 Å². The quantitative estimate of drug-likeness (QED) is 0.310. The number of carbonyl (C=O) groups excluding carboxylic acids is 1. The fourth-order valence-corrected chi connectivity index (χ4v) is 3.76. The van der Waals surface area contributed by atoms with E-state index in [0.717, 1.165) is 55.9 Å². The molecule has 1 aliphatic rings. The van der Waals surface area contributed by atoms with E-state index in [0.29, 0.717) is 12.6 Å². The molecule has 1 heterocycles. The zero-order chi connectivity index (χ0) is 21.2. The van der Waals surface area contributed by atoms with Crippen LogP contribution in [0.15, 0.2) is 59.6 Å². The summed E-state index contributed by atoms with van der Waals surface area (Å²) in [6.45, 7) is 4.61. The van der Waals surface area contributed by atoms with Crippen molar-refractivity contribution in [3.8, 4) is 0 Å². The molecule has 1 fully saturated rings. The van der Waals surface area contributed by atoms with Gasteiger partial charge in [0.05, 0.1) is 0 Å². The summed E-state index contributed by atoms with van der Waals surface area (Å²) < 4.78 is 0. The second kappa shape index (κ2) is 13.3. The van der Waals surface area contributed by atoms with E-state index in [1.54, 1.807) is 7.05 Å². The normalized spacial score (nSPS) is 15.0. The Morgan fingerprint density at radius 1 is 1.00 bits per heavy atom. The summed E-state index contributed by atoms with van der Waals surface area (Å²) in [5, 5.41) is 6.83. The second-order valence-electron chi connectivity index (χ2n) is 8.05. The number of hydrogen-bond donors (Lipinski definition) is 2. The molecule has 3 rings (SSSR count). The maximum absolute atomic E-state index is 12.6. The van der Waals surface area contributed by atoms with Crippen LogP contribution in [-0.2, 0) is 13.0 Å². The van der Waals surface area contributed by atoms with Crippen LogP contribution in [-0.4, -0.2) is 42.9 Å². The van der Waals surface area contributed by atoms with E-state index in [1.165, 1.54) is 12.0 Å². The first-order chi connectivity index (χ1) is 14.7. The smallest absolute Gasteiger partial charge is 0.253 e. The summed E-state index contributed by atoms with van der Waals surface area (Å²) in [6, 6.07) is 18.8. The standard InChI is InChI=1S/C25H34N4O.HI/c1-20(11-12-21-9-5-3-6-10-21)28-25(26-2)27-19-22-13-15-23(16-14-22)24(30)29-17-7-4-8-18-29;/h3,5-6,9-10,13-16,20H,4,7-8,11-12,17-19H2,1-2H3,(H2,26,27,28);1H. The summed E-state index contributed by atoms with van der Waals surface area (Å²) >= 11 is 0. The number of halogens is 1. The SMILES string of the molecule is CN=C(NCc1ccc(C(=O)N2CCCCC2)cc1)NC(C)CCc1ccccc1.I. The second-order valence-corrected chi connectivity index (χ2v) is 8.05. The van der Waals surface area contributed by atoms with E-state index in [2.05, 4.69) is 46.8 Å². The molecule has 1 amide bonds.